The molecule has 3 aromatic rings. The Bertz CT molecular complexity index is 1100. The molecule has 0 radical (unpaired) electrons. The first-order valence-corrected chi connectivity index (χ1v) is 9.65. The number of esters is 1. The van der Waals surface area contributed by atoms with Crippen LogP contribution in [0.4, 0.5) is 5.69 Å². The molecule has 28 heavy (non-hydrogen) atoms. The number of carbonyl (C=O) groups is 2. The van der Waals surface area contributed by atoms with Gasteiger partial charge in [-0.1, -0.05) is 12.1 Å². The number of hydrogen-bond acceptors (Lipinski definition) is 6. The molecule has 0 aliphatic carbocycles. The second-order valence-corrected chi connectivity index (χ2v) is 8.18. The van der Waals surface area contributed by atoms with Gasteiger partial charge in [-0.3, -0.25) is 4.79 Å². The van der Waals surface area contributed by atoms with Gasteiger partial charge >= 0.3 is 5.97 Å². The van der Waals surface area contributed by atoms with Gasteiger partial charge in [0.15, 0.2) is 12.3 Å². The number of sulfonamides is 1. The largest absolute Gasteiger partial charge is 0.451 e. The second-order valence-electron chi connectivity index (χ2n) is 6.03. The zero-order chi connectivity index (χ0) is 20.3. The molecule has 1 aromatic carbocycles. The van der Waals surface area contributed by atoms with Crippen LogP contribution in [-0.2, 0) is 19.6 Å². The molecule has 0 bridgehead atoms. The molecule has 0 spiro atoms. The predicted octanol–water partition coefficient (Wildman–Crippen LogP) is 1.38. The van der Waals surface area contributed by atoms with E-state index in [2.05, 4.69) is 10.3 Å². The van der Waals surface area contributed by atoms with E-state index in [-0.39, 0.29) is 16.3 Å². The minimum atomic E-state index is -3.62. The summed E-state index contributed by atoms with van der Waals surface area (Å²) < 4.78 is 32.0. The molecule has 0 saturated heterocycles. The molecule has 146 valence electrons. The Hall–Kier alpha value is -3.24. The van der Waals surface area contributed by atoms with Gasteiger partial charge in [-0.25, -0.2) is 22.5 Å². The highest BCUT2D eigenvalue weighted by Crippen LogP contribution is 2.18. The van der Waals surface area contributed by atoms with Crippen LogP contribution in [0.3, 0.4) is 0 Å². The van der Waals surface area contributed by atoms with E-state index >= 15 is 0 Å². The van der Waals surface area contributed by atoms with Crippen LogP contribution in [0.1, 0.15) is 10.5 Å². The van der Waals surface area contributed by atoms with Gasteiger partial charge in [0.2, 0.25) is 10.0 Å². The maximum atomic E-state index is 12.2. The van der Waals surface area contributed by atoms with Gasteiger partial charge in [0.1, 0.15) is 5.65 Å². The van der Waals surface area contributed by atoms with Crippen LogP contribution < -0.4 is 5.32 Å². The molecular formula is C18H18N4O5S. The Morgan fingerprint density at radius 1 is 1.18 bits per heavy atom. The summed E-state index contributed by atoms with van der Waals surface area (Å²) in [6, 6.07) is 11.1. The Labute approximate surface area is 161 Å². The molecule has 2 aromatic heterocycles. The average molecular weight is 402 g/mol. The molecule has 2 heterocycles. The van der Waals surface area contributed by atoms with Crippen molar-refractivity contribution in [3.8, 4) is 0 Å². The highest BCUT2D eigenvalue weighted by atomic mass is 32.2. The Morgan fingerprint density at radius 2 is 1.96 bits per heavy atom. The normalized spacial score (nSPS) is 11.5. The number of nitrogens with zero attached hydrogens (tertiary/aromatic N) is 3. The summed E-state index contributed by atoms with van der Waals surface area (Å²) in [5.74, 6) is -1.33. The van der Waals surface area contributed by atoms with E-state index in [4.69, 9.17) is 4.74 Å². The van der Waals surface area contributed by atoms with E-state index in [1.165, 1.54) is 44.6 Å². The van der Waals surface area contributed by atoms with Crippen LogP contribution in [0.2, 0.25) is 0 Å². The van der Waals surface area contributed by atoms with E-state index in [0.29, 0.717) is 5.65 Å². The third-order valence-corrected chi connectivity index (χ3v) is 5.61. The number of anilines is 1. The molecule has 3 rings (SSSR count). The van der Waals surface area contributed by atoms with E-state index in [0.717, 1.165) is 4.31 Å². The number of carbonyl (C=O) groups excluding carboxylic acids is 2. The van der Waals surface area contributed by atoms with Gasteiger partial charge in [0.25, 0.3) is 5.91 Å². The minimum Gasteiger partial charge on any atom is -0.451 e. The van der Waals surface area contributed by atoms with Gasteiger partial charge in [-0.05, 0) is 30.3 Å². The lowest BCUT2D eigenvalue weighted by atomic mass is 10.3. The summed E-state index contributed by atoms with van der Waals surface area (Å²) in [5.41, 5.74) is 0.938. The van der Waals surface area contributed by atoms with Gasteiger partial charge in [-0.2, -0.15) is 0 Å². The first kappa shape index (κ1) is 19.5. The number of pyridine rings is 1. The SMILES string of the molecule is CN(C)S(=O)(=O)c1cccc(NC(=O)COC(=O)c2cn3ccccc3n2)c1. The van der Waals surface area contributed by atoms with Crippen molar-refractivity contribution in [1.29, 1.82) is 0 Å². The summed E-state index contributed by atoms with van der Waals surface area (Å²) in [5, 5.41) is 2.50. The van der Waals surface area contributed by atoms with Crippen molar-refractivity contribution in [1.82, 2.24) is 13.7 Å². The molecule has 0 fully saturated rings. The fourth-order valence-corrected chi connectivity index (χ4v) is 3.33. The molecule has 9 nitrogen and oxygen atoms in total. The summed E-state index contributed by atoms with van der Waals surface area (Å²) in [4.78, 5) is 28.3. The lowest BCUT2D eigenvalue weighted by Crippen LogP contribution is -2.23. The fraction of sp³-hybridized carbons (Fsp3) is 0.167. The third-order valence-electron chi connectivity index (χ3n) is 3.80. The zero-order valence-electron chi connectivity index (χ0n) is 15.2. The third kappa shape index (κ3) is 4.18. The summed E-state index contributed by atoms with van der Waals surface area (Å²) in [7, 11) is -0.792. The van der Waals surface area contributed by atoms with Crippen molar-refractivity contribution in [3.05, 3.63) is 60.6 Å². The van der Waals surface area contributed by atoms with E-state index in [1.807, 2.05) is 0 Å². The molecule has 1 N–H and O–H groups in total. The van der Waals surface area contributed by atoms with Gasteiger partial charge in [-0.15, -0.1) is 0 Å². The zero-order valence-corrected chi connectivity index (χ0v) is 16.0. The van der Waals surface area contributed by atoms with Gasteiger partial charge < -0.3 is 14.5 Å². The van der Waals surface area contributed by atoms with Crippen molar-refractivity contribution >= 4 is 33.2 Å². The number of hydrogen-bond donors (Lipinski definition) is 1. The molecule has 0 aliphatic rings. The highest BCUT2D eigenvalue weighted by molar-refractivity contribution is 7.89. The number of amides is 1. The number of fused-ring (bicyclic) bond motifs is 1. The average Bonchev–Trinajstić information content (AvgIpc) is 3.10. The minimum absolute atomic E-state index is 0.0389. The topological polar surface area (TPSA) is 110 Å². The number of aromatic nitrogens is 2. The smallest absolute Gasteiger partial charge is 0.359 e. The lowest BCUT2D eigenvalue weighted by molar-refractivity contribution is -0.119. The Balaban J connectivity index is 1.62. The fourth-order valence-electron chi connectivity index (χ4n) is 2.38. The van der Waals surface area contributed by atoms with Gasteiger partial charge in [0, 0.05) is 32.2 Å². The van der Waals surface area contributed by atoms with Gasteiger partial charge in [0.05, 0.1) is 4.90 Å². The van der Waals surface area contributed by atoms with Crippen LogP contribution in [0.5, 0.6) is 0 Å². The van der Waals surface area contributed by atoms with Crippen LogP contribution in [0, 0.1) is 0 Å². The highest BCUT2D eigenvalue weighted by Gasteiger charge is 2.18. The van der Waals surface area contributed by atoms with Crippen LogP contribution in [0.15, 0.2) is 59.8 Å². The maximum absolute atomic E-state index is 12.2. The second kappa shape index (κ2) is 7.79. The first-order valence-electron chi connectivity index (χ1n) is 8.20. The van der Waals surface area contributed by atoms with E-state index < -0.39 is 28.5 Å². The van der Waals surface area contributed by atoms with Crippen LogP contribution in [-0.4, -0.2) is 54.7 Å². The van der Waals surface area contributed by atoms with Crippen molar-refractivity contribution in [2.24, 2.45) is 0 Å². The maximum Gasteiger partial charge on any atom is 0.359 e. The molecule has 0 atom stereocenters. The standard InChI is InChI=1S/C18H18N4O5S/c1-21(2)28(25,26)14-7-5-6-13(10-14)19-17(23)12-27-18(24)15-11-22-9-4-3-8-16(22)20-15/h3-11H,12H2,1-2H3,(H,19,23). The van der Waals surface area contributed by atoms with E-state index in [9.17, 15) is 18.0 Å². The predicted molar refractivity (Wildman–Crippen MR) is 101 cm³/mol. The van der Waals surface area contributed by atoms with Crippen LogP contribution in [0.25, 0.3) is 5.65 Å². The molecule has 1 amide bonds. The number of nitrogens with one attached hydrogen (secondary N) is 1. The first-order chi connectivity index (χ1) is 13.3. The molecular weight excluding hydrogens is 384 g/mol. The molecule has 0 aliphatic heterocycles. The number of benzene rings is 1. The summed E-state index contributed by atoms with van der Waals surface area (Å²) >= 11 is 0. The monoisotopic (exact) mass is 402 g/mol. The summed E-state index contributed by atoms with van der Waals surface area (Å²) in [6.45, 7) is -0.530. The molecule has 10 heteroatoms. The molecule has 0 saturated carbocycles. The van der Waals surface area contributed by atoms with E-state index in [1.54, 1.807) is 28.8 Å². The quantitative estimate of drug-likeness (QED) is 0.624. The number of ether oxygens (including phenoxy) is 1. The Morgan fingerprint density at radius 3 is 2.68 bits per heavy atom. The number of rotatable bonds is 6. The van der Waals surface area contributed by atoms with Crippen molar-refractivity contribution in [3.63, 3.8) is 0 Å². The Kier molecular flexibility index (Phi) is 5.43. The summed E-state index contributed by atoms with van der Waals surface area (Å²) in [6.07, 6.45) is 3.24. The van der Waals surface area contributed by atoms with Crippen molar-refractivity contribution < 1.29 is 22.7 Å². The number of imidazole rings is 1. The van der Waals surface area contributed by atoms with Crippen molar-refractivity contribution in [2.75, 3.05) is 26.0 Å². The lowest BCUT2D eigenvalue weighted by Gasteiger charge is -2.12. The van der Waals surface area contributed by atoms with Crippen LogP contribution >= 0.6 is 0 Å². The van der Waals surface area contributed by atoms with Crippen molar-refractivity contribution in [2.45, 2.75) is 4.90 Å². The molecule has 0 unspecified atom stereocenters.